The van der Waals surface area contributed by atoms with Crippen molar-refractivity contribution in [2.45, 2.75) is 6.54 Å². The molecule has 2 rings (SSSR count). The van der Waals surface area contributed by atoms with Crippen LogP contribution in [0, 0.1) is 0 Å². The first-order chi connectivity index (χ1) is 8.74. The van der Waals surface area contributed by atoms with Crippen LogP contribution in [0.2, 0.25) is 0 Å². The van der Waals surface area contributed by atoms with Crippen LogP contribution in [-0.2, 0) is 11.3 Å². The van der Waals surface area contributed by atoms with Crippen molar-refractivity contribution in [3.63, 3.8) is 0 Å². The summed E-state index contributed by atoms with van der Waals surface area (Å²) in [6.07, 6.45) is 3.29. The Morgan fingerprint density at radius 1 is 1.28 bits per heavy atom. The number of amides is 1. The van der Waals surface area contributed by atoms with E-state index in [1.807, 2.05) is 41.8 Å². The van der Waals surface area contributed by atoms with Crippen molar-refractivity contribution < 1.29 is 4.79 Å². The molecule has 1 aromatic carbocycles. The predicted molar refractivity (Wildman–Crippen MR) is 76.1 cm³/mol. The van der Waals surface area contributed by atoms with Gasteiger partial charge in [0.2, 0.25) is 5.91 Å². The molecule has 3 N–H and O–H groups in total. The van der Waals surface area contributed by atoms with E-state index in [0.717, 1.165) is 10.4 Å². The fourth-order valence-electron chi connectivity index (χ4n) is 1.43. The van der Waals surface area contributed by atoms with Gasteiger partial charge in [0, 0.05) is 16.6 Å². The van der Waals surface area contributed by atoms with E-state index < -0.39 is 0 Å². The molecule has 4 heteroatoms. The molecule has 0 saturated heterocycles. The second-order valence-electron chi connectivity index (χ2n) is 3.80. The van der Waals surface area contributed by atoms with Crippen molar-refractivity contribution in [1.82, 2.24) is 5.32 Å². The highest BCUT2D eigenvalue weighted by atomic mass is 32.1. The topological polar surface area (TPSA) is 55.1 Å². The van der Waals surface area contributed by atoms with Crippen LogP contribution in [-0.4, -0.2) is 5.91 Å². The van der Waals surface area contributed by atoms with Gasteiger partial charge in [-0.2, -0.15) is 0 Å². The van der Waals surface area contributed by atoms with Crippen LogP contribution in [0.15, 0.2) is 47.9 Å². The van der Waals surface area contributed by atoms with E-state index in [1.54, 1.807) is 17.4 Å². The lowest BCUT2D eigenvalue weighted by Crippen LogP contribution is -2.19. The first-order valence-corrected chi connectivity index (χ1v) is 6.46. The van der Waals surface area contributed by atoms with Crippen molar-refractivity contribution in [2.75, 3.05) is 5.73 Å². The zero-order valence-corrected chi connectivity index (χ0v) is 10.6. The Morgan fingerprint density at radius 3 is 2.72 bits per heavy atom. The summed E-state index contributed by atoms with van der Waals surface area (Å²) in [4.78, 5) is 12.7. The molecule has 2 aromatic rings. The minimum atomic E-state index is -0.0970. The molecular formula is C14H14N2OS. The van der Waals surface area contributed by atoms with Gasteiger partial charge in [-0.1, -0.05) is 18.2 Å². The molecule has 3 nitrogen and oxygen atoms in total. The summed E-state index contributed by atoms with van der Waals surface area (Å²) in [5.74, 6) is -0.0970. The van der Waals surface area contributed by atoms with Crippen LogP contribution in [0.4, 0.5) is 5.69 Å². The summed E-state index contributed by atoms with van der Waals surface area (Å²) in [6, 6.07) is 11.3. The highest BCUT2D eigenvalue weighted by Gasteiger charge is 1.97. The van der Waals surface area contributed by atoms with Crippen molar-refractivity contribution in [3.05, 3.63) is 58.3 Å². The highest BCUT2D eigenvalue weighted by Crippen LogP contribution is 2.08. The van der Waals surface area contributed by atoms with Gasteiger partial charge in [-0.25, -0.2) is 0 Å². The van der Waals surface area contributed by atoms with Crippen LogP contribution in [0.5, 0.6) is 0 Å². The monoisotopic (exact) mass is 258 g/mol. The fourth-order valence-corrected chi connectivity index (χ4v) is 2.07. The second kappa shape index (κ2) is 6.02. The molecule has 0 bridgehead atoms. The van der Waals surface area contributed by atoms with E-state index >= 15 is 0 Å². The molecule has 0 spiro atoms. The van der Waals surface area contributed by atoms with Gasteiger partial charge in [-0.3, -0.25) is 4.79 Å². The number of hydrogen-bond donors (Lipinski definition) is 2. The van der Waals surface area contributed by atoms with Crippen molar-refractivity contribution >= 4 is 29.0 Å². The number of nitrogens with one attached hydrogen (secondary N) is 1. The van der Waals surface area contributed by atoms with Crippen LogP contribution in [0.1, 0.15) is 10.4 Å². The van der Waals surface area contributed by atoms with E-state index in [0.29, 0.717) is 12.2 Å². The van der Waals surface area contributed by atoms with Gasteiger partial charge in [0.15, 0.2) is 0 Å². The lowest BCUT2D eigenvalue weighted by Gasteiger charge is -1.99. The number of carbonyl (C=O) groups is 1. The Balaban J connectivity index is 1.85. The molecule has 1 heterocycles. The minimum absolute atomic E-state index is 0.0970. The molecule has 0 aliphatic heterocycles. The fraction of sp³-hybridized carbons (Fsp3) is 0.0714. The van der Waals surface area contributed by atoms with E-state index in [-0.39, 0.29) is 5.91 Å². The molecule has 92 valence electrons. The zero-order chi connectivity index (χ0) is 12.8. The quantitative estimate of drug-likeness (QED) is 0.654. The number of carbonyl (C=O) groups excluding carboxylic acids is 1. The Labute approximate surface area is 110 Å². The third-order valence-electron chi connectivity index (χ3n) is 2.38. The summed E-state index contributed by atoms with van der Waals surface area (Å²) < 4.78 is 0. The Kier molecular flexibility index (Phi) is 4.15. The molecule has 0 aliphatic rings. The van der Waals surface area contributed by atoms with Crippen molar-refractivity contribution in [3.8, 4) is 0 Å². The molecule has 0 aliphatic carbocycles. The first-order valence-electron chi connectivity index (χ1n) is 5.58. The van der Waals surface area contributed by atoms with Gasteiger partial charge in [0.05, 0.1) is 6.54 Å². The summed E-state index contributed by atoms with van der Waals surface area (Å²) >= 11 is 1.63. The molecule has 0 atom stereocenters. The molecule has 0 radical (unpaired) electrons. The molecule has 1 amide bonds. The Morgan fingerprint density at radius 2 is 2.06 bits per heavy atom. The summed E-state index contributed by atoms with van der Waals surface area (Å²) in [6.45, 7) is 0.572. The highest BCUT2D eigenvalue weighted by molar-refractivity contribution is 7.09. The maximum Gasteiger partial charge on any atom is 0.244 e. The lowest BCUT2D eigenvalue weighted by molar-refractivity contribution is -0.116. The average Bonchev–Trinajstić information content (AvgIpc) is 2.89. The van der Waals surface area contributed by atoms with Gasteiger partial charge in [0.1, 0.15) is 0 Å². The number of nitrogens with two attached hydrogens (primary N) is 1. The maximum atomic E-state index is 11.6. The number of benzene rings is 1. The molecule has 0 fully saturated rings. The first kappa shape index (κ1) is 12.4. The molecule has 0 unspecified atom stereocenters. The van der Waals surface area contributed by atoms with Crippen molar-refractivity contribution in [1.29, 1.82) is 0 Å². The van der Waals surface area contributed by atoms with Crippen LogP contribution < -0.4 is 11.1 Å². The van der Waals surface area contributed by atoms with Gasteiger partial charge >= 0.3 is 0 Å². The maximum absolute atomic E-state index is 11.6. The molecule has 0 saturated carbocycles. The standard InChI is InChI=1S/C14H14N2OS/c15-12-6-3-11(4-7-12)5-8-14(17)16-10-13-2-1-9-18-13/h1-9H,10,15H2,(H,16,17)/b8-5+. The molecule has 18 heavy (non-hydrogen) atoms. The second-order valence-corrected chi connectivity index (χ2v) is 4.83. The normalized spacial score (nSPS) is 10.7. The summed E-state index contributed by atoms with van der Waals surface area (Å²) in [5, 5.41) is 4.82. The van der Waals surface area contributed by atoms with E-state index in [9.17, 15) is 4.79 Å². The van der Waals surface area contributed by atoms with Crippen LogP contribution >= 0.6 is 11.3 Å². The number of anilines is 1. The van der Waals surface area contributed by atoms with E-state index in [1.165, 1.54) is 6.08 Å². The van der Waals surface area contributed by atoms with Gasteiger partial charge < -0.3 is 11.1 Å². The summed E-state index contributed by atoms with van der Waals surface area (Å²) in [5.41, 5.74) is 7.25. The van der Waals surface area contributed by atoms with Gasteiger partial charge in [-0.15, -0.1) is 11.3 Å². The smallest absolute Gasteiger partial charge is 0.244 e. The van der Waals surface area contributed by atoms with E-state index in [2.05, 4.69) is 5.32 Å². The predicted octanol–water partition coefficient (Wildman–Crippen LogP) is 2.66. The van der Waals surface area contributed by atoms with Crippen LogP contribution in [0.25, 0.3) is 6.08 Å². The van der Waals surface area contributed by atoms with Crippen LogP contribution in [0.3, 0.4) is 0 Å². The van der Waals surface area contributed by atoms with Gasteiger partial charge in [0.25, 0.3) is 0 Å². The SMILES string of the molecule is Nc1ccc(/C=C/C(=O)NCc2cccs2)cc1. The largest absolute Gasteiger partial charge is 0.399 e. The molecular weight excluding hydrogens is 244 g/mol. The van der Waals surface area contributed by atoms with Gasteiger partial charge in [-0.05, 0) is 35.2 Å². The minimum Gasteiger partial charge on any atom is -0.399 e. The van der Waals surface area contributed by atoms with Crippen molar-refractivity contribution in [2.24, 2.45) is 0 Å². The third-order valence-corrected chi connectivity index (χ3v) is 3.26. The lowest BCUT2D eigenvalue weighted by atomic mass is 10.2. The summed E-state index contributed by atoms with van der Waals surface area (Å²) in [7, 11) is 0. The van der Waals surface area contributed by atoms with E-state index in [4.69, 9.17) is 5.73 Å². The zero-order valence-electron chi connectivity index (χ0n) is 9.80. The number of thiophene rings is 1. The average molecular weight is 258 g/mol. The number of hydrogen-bond acceptors (Lipinski definition) is 3. The Bertz CT molecular complexity index is 529. The Hall–Kier alpha value is -2.07. The molecule has 1 aromatic heterocycles. The number of nitrogen functional groups attached to an aromatic ring is 1. The third kappa shape index (κ3) is 3.75. The number of rotatable bonds is 4.